The van der Waals surface area contributed by atoms with Crippen LogP contribution in [0.25, 0.3) is 0 Å². The van der Waals surface area contributed by atoms with Crippen molar-refractivity contribution in [1.29, 1.82) is 0 Å². The molecule has 7 heteroatoms. The van der Waals surface area contributed by atoms with Crippen LogP contribution < -0.4 is 11.1 Å². The number of halogens is 1. The van der Waals surface area contributed by atoms with E-state index in [1.807, 2.05) is 19.1 Å². The van der Waals surface area contributed by atoms with Gasteiger partial charge in [0.05, 0.1) is 11.6 Å². The maximum atomic E-state index is 11.8. The molecular weight excluding hydrogens is 340 g/mol. The molecule has 2 aromatic rings. The summed E-state index contributed by atoms with van der Waals surface area (Å²) in [6.07, 6.45) is 3.90. The molecule has 134 valence electrons. The zero-order valence-electron chi connectivity index (χ0n) is 14.4. The monoisotopic (exact) mass is 362 g/mol. The van der Waals surface area contributed by atoms with Gasteiger partial charge in [0.25, 0.3) is 5.91 Å². The van der Waals surface area contributed by atoms with E-state index < -0.39 is 11.5 Å². The molecule has 3 atom stereocenters. The first-order valence-electron chi connectivity index (χ1n) is 8.39. The second-order valence-electron chi connectivity index (χ2n) is 7.15. The second-order valence-corrected chi connectivity index (χ2v) is 7.59. The number of hydrogen-bond acceptors (Lipinski definition) is 4. The Bertz CT molecular complexity index is 770. The van der Waals surface area contributed by atoms with Crippen LogP contribution >= 0.6 is 11.6 Å². The number of carbonyl (C=O) groups excluding carboxylic acids is 1. The molecule has 0 aliphatic heterocycles. The highest BCUT2D eigenvalue weighted by molar-refractivity contribution is 6.30. The number of aromatic nitrogens is 2. The van der Waals surface area contributed by atoms with Crippen molar-refractivity contribution in [2.45, 2.75) is 44.8 Å². The molecular formula is C18H23ClN4O2. The largest absolute Gasteiger partial charge is 0.390 e. The van der Waals surface area contributed by atoms with Gasteiger partial charge in [-0.05, 0) is 56.4 Å². The van der Waals surface area contributed by atoms with Crippen LogP contribution in [0.2, 0.25) is 5.02 Å². The topological polar surface area (TPSA) is 93.2 Å². The van der Waals surface area contributed by atoms with E-state index in [1.54, 1.807) is 23.0 Å². The number of nitrogens with zero attached hydrogens (tertiary/aromatic N) is 2. The van der Waals surface area contributed by atoms with Crippen molar-refractivity contribution in [3.63, 3.8) is 0 Å². The van der Waals surface area contributed by atoms with Gasteiger partial charge in [-0.3, -0.25) is 9.48 Å². The maximum Gasteiger partial charge on any atom is 0.254 e. The van der Waals surface area contributed by atoms with E-state index >= 15 is 0 Å². The molecule has 1 aliphatic rings. The number of primary amides is 1. The zero-order chi connectivity index (χ0) is 18.2. The van der Waals surface area contributed by atoms with Gasteiger partial charge in [-0.1, -0.05) is 18.5 Å². The fraction of sp³-hybridized carbons (Fsp3) is 0.444. The Balaban J connectivity index is 1.87. The molecule has 1 aromatic heterocycles. The summed E-state index contributed by atoms with van der Waals surface area (Å²) in [6.45, 7) is 3.96. The van der Waals surface area contributed by atoms with Gasteiger partial charge < -0.3 is 16.2 Å². The van der Waals surface area contributed by atoms with Gasteiger partial charge in [-0.25, -0.2) is 0 Å². The van der Waals surface area contributed by atoms with Crippen LogP contribution in [0, 0.1) is 5.92 Å². The summed E-state index contributed by atoms with van der Waals surface area (Å²) in [5.41, 5.74) is 6.00. The Labute approximate surface area is 152 Å². The molecule has 0 bridgehead atoms. The first-order valence-corrected chi connectivity index (χ1v) is 8.77. The number of aliphatic hydroxyl groups is 1. The number of rotatable bonds is 4. The minimum atomic E-state index is -0.639. The van der Waals surface area contributed by atoms with Crippen molar-refractivity contribution >= 4 is 29.0 Å². The molecule has 0 saturated heterocycles. The lowest BCUT2D eigenvalue weighted by Gasteiger charge is -2.38. The maximum absolute atomic E-state index is 11.8. The summed E-state index contributed by atoms with van der Waals surface area (Å²) in [6, 6.07) is 7.27. The molecule has 1 heterocycles. The third-order valence-electron chi connectivity index (χ3n) is 4.84. The van der Waals surface area contributed by atoms with E-state index in [4.69, 9.17) is 17.3 Å². The molecule has 3 rings (SSSR count). The van der Waals surface area contributed by atoms with E-state index in [9.17, 15) is 9.90 Å². The first kappa shape index (κ1) is 17.8. The van der Waals surface area contributed by atoms with Gasteiger partial charge in [0, 0.05) is 16.9 Å². The van der Waals surface area contributed by atoms with Crippen LogP contribution in [0.3, 0.4) is 0 Å². The number of carbonyl (C=O) groups is 1. The number of hydrogen-bond donors (Lipinski definition) is 3. The smallest absolute Gasteiger partial charge is 0.254 e. The second kappa shape index (κ2) is 6.69. The molecule has 1 aliphatic carbocycles. The standard InChI is InChI=1S/C18H23ClN4O2/c1-11-9-18(2,25)8-7-15(11)23-10-14(16(20)24)17(22-23)21-13-5-3-12(19)4-6-13/h3-6,10-11,15,25H,7-9H2,1-2H3,(H2,20,24)(H,21,22)/t11-,15-,18-/m0/s1. The fourth-order valence-electron chi connectivity index (χ4n) is 3.57. The van der Waals surface area contributed by atoms with Crippen LogP contribution in [0.1, 0.15) is 49.5 Å². The Kier molecular flexibility index (Phi) is 4.75. The van der Waals surface area contributed by atoms with Crippen molar-refractivity contribution < 1.29 is 9.90 Å². The Morgan fingerprint density at radius 3 is 2.72 bits per heavy atom. The van der Waals surface area contributed by atoms with Crippen LogP contribution in [0.5, 0.6) is 0 Å². The molecule has 0 unspecified atom stereocenters. The van der Waals surface area contributed by atoms with E-state index in [0.29, 0.717) is 29.2 Å². The third kappa shape index (κ3) is 3.96. The molecule has 4 N–H and O–H groups in total. The third-order valence-corrected chi connectivity index (χ3v) is 5.09. The molecule has 0 radical (unpaired) electrons. The van der Waals surface area contributed by atoms with E-state index in [0.717, 1.165) is 12.1 Å². The van der Waals surface area contributed by atoms with E-state index in [2.05, 4.69) is 17.3 Å². The minimum Gasteiger partial charge on any atom is -0.390 e. The summed E-state index contributed by atoms with van der Waals surface area (Å²) in [5.74, 6) is 0.144. The summed E-state index contributed by atoms with van der Waals surface area (Å²) >= 11 is 5.90. The molecule has 1 saturated carbocycles. The lowest BCUT2D eigenvalue weighted by atomic mass is 9.77. The SMILES string of the molecule is C[C@H]1C[C@@](C)(O)CC[C@@H]1n1cc(C(N)=O)c(Nc2ccc(Cl)cc2)n1. The number of nitrogens with two attached hydrogens (primary N) is 1. The lowest BCUT2D eigenvalue weighted by Crippen LogP contribution is -2.36. The highest BCUT2D eigenvalue weighted by Gasteiger charge is 2.35. The average Bonchev–Trinajstić information content (AvgIpc) is 2.92. The van der Waals surface area contributed by atoms with Crippen molar-refractivity contribution in [3.05, 3.63) is 41.0 Å². The molecule has 0 spiro atoms. The van der Waals surface area contributed by atoms with E-state index in [-0.39, 0.29) is 12.0 Å². The Morgan fingerprint density at radius 2 is 2.12 bits per heavy atom. The highest BCUT2D eigenvalue weighted by Crippen LogP contribution is 2.39. The van der Waals surface area contributed by atoms with Crippen LogP contribution in [0.4, 0.5) is 11.5 Å². The number of benzene rings is 1. The molecule has 6 nitrogen and oxygen atoms in total. The van der Waals surface area contributed by atoms with Gasteiger partial charge in [-0.15, -0.1) is 0 Å². The van der Waals surface area contributed by atoms with Gasteiger partial charge in [0.15, 0.2) is 5.82 Å². The van der Waals surface area contributed by atoms with Crippen molar-refractivity contribution in [3.8, 4) is 0 Å². The van der Waals surface area contributed by atoms with Crippen LogP contribution in [0.15, 0.2) is 30.5 Å². The number of amides is 1. The van der Waals surface area contributed by atoms with E-state index in [1.165, 1.54) is 0 Å². The fourth-order valence-corrected chi connectivity index (χ4v) is 3.70. The van der Waals surface area contributed by atoms with Gasteiger partial charge in [0.1, 0.15) is 5.56 Å². The summed E-state index contributed by atoms with van der Waals surface area (Å²) in [7, 11) is 0. The Morgan fingerprint density at radius 1 is 1.44 bits per heavy atom. The molecule has 1 amide bonds. The molecule has 25 heavy (non-hydrogen) atoms. The minimum absolute atomic E-state index is 0.124. The normalized spacial score (nSPS) is 26.4. The Hall–Kier alpha value is -2.05. The lowest BCUT2D eigenvalue weighted by molar-refractivity contribution is -0.0146. The zero-order valence-corrected chi connectivity index (χ0v) is 15.1. The van der Waals surface area contributed by atoms with Gasteiger partial charge in [0.2, 0.25) is 0 Å². The van der Waals surface area contributed by atoms with Crippen LogP contribution in [-0.2, 0) is 0 Å². The van der Waals surface area contributed by atoms with Crippen LogP contribution in [-0.4, -0.2) is 26.4 Å². The number of anilines is 2. The van der Waals surface area contributed by atoms with Gasteiger partial charge in [-0.2, -0.15) is 5.10 Å². The average molecular weight is 363 g/mol. The predicted molar refractivity (Wildman–Crippen MR) is 98.2 cm³/mol. The highest BCUT2D eigenvalue weighted by atomic mass is 35.5. The molecule has 1 aromatic carbocycles. The van der Waals surface area contributed by atoms with Crippen molar-refractivity contribution in [1.82, 2.24) is 9.78 Å². The molecule has 1 fully saturated rings. The number of nitrogens with one attached hydrogen (secondary N) is 1. The summed E-state index contributed by atoms with van der Waals surface area (Å²) < 4.78 is 1.80. The van der Waals surface area contributed by atoms with Gasteiger partial charge >= 0.3 is 0 Å². The van der Waals surface area contributed by atoms with Crippen molar-refractivity contribution in [2.24, 2.45) is 11.7 Å². The predicted octanol–water partition coefficient (Wildman–Crippen LogP) is 3.49. The van der Waals surface area contributed by atoms with Crippen molar-refractivity contribution in [2.75, 3.05) is 5.32 Å². The summed E-state index contributed by atoms with van der Waals surface area (Å²) in [5, 5.41) is 18.6. The summed E-state index contributed by atoms with van der Waals surface area (Å²) in [4.78, 5) is 11.8. The quantitative estimate of drug-likeness (QED) is 0.776. The first-order chi connectivity index (χ1) is 11.7.